The number of hydrogen-bond acceptors (Lipinski definition) is 6. The summed E-state index contributed by atoms with van der Waals surface area (Å²) >= 11 is 1.10. The van der Waals surface area contributed by atoms with E-state index in [-0.39, 0.29) is 5.00 Å². The fourth-order valence-corrected chi connectivity index (χ4v) is 3.23. The van der Waals surface area contributed by atoms with Crippen molar-refractivity contribution in [3.05, 3.63) is 16.3 Å². The molecule has 2 fully saturated rings. The molecule has 1 aromatic heterocycles. The minimum atomic E-state index is -0.407. The van der Waals surface area contributed by atoms with Crippen LogP contribution in [0.15, 0.2) is 6.20 Å². The van der Waals surface area contributed by atoms with Gasteiger partial charge in [-0.15, -0.1) is 0 Å². The predicted molar refractivity (Wildman–Crippen MR) is 63.3 cm³/mol. The molecule has 0 amide bonds. The summed E-state index contributed by atoms with van der Waals surface area (Å²) in [5, 5.41) is 14.5. The molecule has 1 aliphatic carbocycles. The summed E-state index contributed by atoms with van der Waals surface area (Å²) in [6.07, 6.45) is 4.96. The highest BCUT2D eigenvalue weighted by molar-refractivity contribution is 7.18. The Morgan fingerprint density at radius 3 is 3.24 bits per heavy atom. The SMILES string of the molecule is O=[N+]([O-])c1cnc(N[C@@H]2C[C@H]3OCCC[C@@H]23)s1. The molecule has 0 aromatic carbocycles. The van der Waals surface area contributed by atoms with Crippen LogP contribution in [0.3, 0.4) is 0 Å². The van der Waals surface area contributed by atoms with Gasteiger partial charge >= 0.3 is 5.00 Å². The Kier molecular flexibility index (Phi) is 2.71. The van der Waals surface area contributed by atoms with Gasteiger partial charge in [0.2, 0.25) is 0 Å². The van der Waals surface area contributed by atoms with E-state index in [2.05, 4.69) is 10.3 Å². The van der Waals surface area contributed by atoms with Crippen molar-refractivity contribution in [1.82, 2.24) is 4.98 Å². The van der Waals surface area contributed by atoms with E-state index in [9.17, 15) is 10.1 Å². The molecule has 1 N–H and O–H groups in total. The molecular weight excluding hydrogens is 242 g/mol. The van der Waals surface area contributed by atoms with Crippen molar-refractivity contribution in [2.24, 2.45) is 5.92 Å². The van der Waals surface area contributed by atoms with Crippen LogP contribution in [0, 0.1) is 16.0 Å². The van der Waals surface area contributed by atoms with Crippen LogP contribution >= 0.6 is 11.3 Å². The number of nitrogens with one attached hydrogen (secondary N) is 1. The van der Waals surface area contributed by atoms with Crippen LogP contribution in [0.2, 0.25) is 0 Å². The van der Waals surface area contributed by atoms with Crippen LogP contribution < -0.4 is 5.32 Å². The van der Waals surface area contributed by atoms with E-state index < -0.39 is 4.92 Å². The molecule has 3 atom stereocenters. The first kappa shape index (κ1) is 10.9. The van der Waals surface area contributed by atoms with Crippen LogP contribution in [0.4, 0.5) is 10.1 Å². The fraction of sp³-hybridized carbons (Fsp3) is 0.700. The zero-order chi connectivity index (χ0) is 11.8. The average Bonchev–Trinajstić information content (AvgIpc) is 2.75. The minimum absolute atomic E-state index is 0.0864. The summed E-state index contributed by atoms with van der Waals surface area (Å²) in [6, 6.07) is 0.367. The Hall–Kier alpha value is -1.21. The number of thiazole rings is 1. The number of aromatic nitrogens is 1. The zero-order valence-electron chi connectivity index (χ0n) is 9.17. The van der Waals surface area contributed by atoms with Crippen LogP contribution in [0.5, 0.6) is 0 Å². The summed E-state index contributed by atoms with van der Waals surface area (Å²) in [4.78, 5) is 14.2. The van der Waals surface area contributed by atoms with Gasteiger partial charge in [0.1, 0.15) is 6.20 Å². The van der Waals surface area contributed by atoms with E-state index in [0.717, 1.165) is 30.8 Å². The van der Waals surface area contributed by atoms with Crippen LogP contribution in [0.1, 0.15) is 19.3 Å². The molecule has 1 aromatic rings. The molecule has 3 rings (SSSR count). The highest BCUT2D eigenvalue weighted by Crippen LogP contribution is 2.40. The lowest BCUT2D eigenvalue weighted by Crippen LogP contribution is -2.53. The predicted octanol–water partition coefficient (Wildman–Crippen LogP) is 2.03. The van der Waals surface area contributed by atoms with Crippen molar-refractivity contribution < 1.29 is 9.66 Å². The molecule has 92 valence electrons. The molecule has 0 unspecified atom stereocenters. The van der Waals surface area contributed by atoms with Crippen molar-refractivity contribution in [2.75, 3.05) is 11.9 Å². The van der Waals surface area contributed by atoms with E-state index in [1.165, 1.54) is 12.6 Å². The minimum Gasteiger partial charge on any atom is -0.378 e. The van der Waals surface area contributed by atoms with E-state index in [4.69, 9.17) is 4.74 Å². The number of rotatable bonds is 3. The van der Waals surface area contributed by atoms with E-state index >= 15 is 0 Å². The molecule has 2 heterocycles. The lowest BCUT2D eigenvalue weighted by atomic mass is 9.72. The summed E-state index contributed by atoms with van der Waals surface area (Å²) in [5.74, 6) is 0.548. The molecule has 17 heavy (non-hydrogen) atoms. The van der Waals surface area contributed by atoms with Crippen molar-refractivity contribution in [3.8, 4) is 0 Å². The maximum atomic E-state index is 10.5. The van der Waals surface area contributed by atoms with Crippen LogP contribution in [-0.2, 0) is 4.74 Å². The molecule has 1 aliphatic heterocycles. The summed E-state index contributed by atoms with van der Waals surface area (Å²) in [7, 11) is 0. The van der Waals surface area contributed by atoms with Gasteiger partial charge in [-0.25, -0.2) is 4.98 Å². The van der Waals surface area contributed by atoms with Gasteiger partial charge in [0.15, 0.2) is 5.13 Å². The maximum Gasteiger partial charge on any atom is 0.345 e. The van der Waals surface area contributed by atoms with E-state index in [0.29, 0.717) is 23.2 Å². The first-order valence-corrected chi connectivity index (χ1v) is 6.54. The average molecular weight is 255 g/mol. The van der Waals surface area contributed by atoms with Crippen LogP contribution in [-0.4, -0.2) is 28.7 Å². The Labute approximate surface area is 102 Å². The third-order valence-corrected chi connectivity index (χ3v) is 4.36. The van der Waals surface area contributed by atoms with E-state index in [1.807, 2.05) is 0 Å². The van der Waals surface area contributed by atoms with Crippen molar-refractivity contribution in [2.45, 2.75) is 31.4 Å². The van der Waals surface area contributed by atoms with E-state index in [1.54, 1.807) is 0 Å². The molecule has 6 nitrogen and oxygen atoms in total. The second kappa shape index (κ2) is 4.23. The summed E-state index contributed by atoms with van der Waals surface area (Å²) in [6.45, 7) is 0.872. The van der Waals surface area contributed by atoms with Crippen molar-refractivity contribution in [1.29, 1.82) is 0 Å². The van der Waals surface area contributed by atoms with Gasteiger partial charge in [0, 0.05) is 18.6 Å². The number of nitro groups is 1. The Bertz CT molecular complexity index is 436. The lowest BCUT2D eigenvalue weighted by molar-refractivity contribution is -0.380. The second-order valence-corrected chi connectivity index (χ2v) is 5.47. The Balaban J connectivity index is 1.61. The van der Waals surface area contributed by atoms with Gasteiger partial charge in [-0.2, -0.15) is 0 Å². The first-order valence-electron chi connectivity index (χ1n) is 5.72. The fourth-order valence-electron chi connectivity index (χ4n) is 2.54. The normalized spacial score (nSPS) is 31.4. The number of anilines is 1. The standard InChI is InChI=1S/C10H13N3O3S/c14-13(15)9-5-11-10(17-9)12-7-4-8-6(7)2-1-3-16-8/h5-8H,1-4H2,(H,11,12)/t6-,7+,8+/m0/s1. The topological polar surface area (TPSA) is 77.3 Å². The smallest absolute Gasteiger partial charge is 0.345 e. The Morgan fingerprint density at radius 1 is 1.65 bits per heavy atom. The quantitative estimate of drug-likeness (QED) is 0.660. The molecule has 0 spiro atoms. The molecule has 0 radical (unpaired) electrons. The molecule has 2 aliphatic rings. The zero-order valence-corrected chi connectivity index (χ0v) is 9.98. The van der Waals surface area contributed by atoms with Gasteiger partial charge in [-0.3, -0.25) is 10.1 Å². The Morgan fingerprint density at radius 2 is 2.53 bits per heavy atom. The molecule has 1 saturated carbocycles. The molecule has 1 saturated heterocycles. The molecular formula is C10H13N3O3S. The number of ether oxygens (including phenoxy) is 1. The lowest BCUT2D eigenvalue weighted by Gasteiger charge is -2.47. The van der Waals surface area contributed by atoms with Gasteiger partial charge < -0.3 is 10.1 Å². The van der Waals surface area contributed by atoms with Crippen molar-refractivity contribution in [3.63, 3.8) is 0 Å². The number of fused-ring (bicyclic) bond motifs is 1. The van der Waals surface area contributed by atoms with Gasteiger partial charge in [-0.1, -0.05) is 0 Å². The highest BCUT2D eigenvalue weighted by Gasteiger charge is 2.43. The van der Waals surface area contributed by atoms with Gasteiger partial charge in [-0.05, 0) is 30.6 Å². The second-order valence-electron chi connectivity index (χ2n) is 4.46. The summed E-state index contributed by atoms with van der Waals surface area (Å²) < 4.78 is 5.62. The molecule has 7 heteroatoms. The third kappa shape index (κ3) is 2.00. The first-order chi connectivity index (χ1) is 8.24. The van der Waals surface area contributed by atoms with Crippen molar-refractivity contribution >= 4 is 21.5 Å². The monoisotopic (exact) mass is 255 g/mol. The summed E-state index contributed by atoms with van der Waals surface area (Å²) in [5.41, 5.74) is 0. The largest absolute Gasteiger partial charge is 0.378 e. The van der Waals surface area contributed by atoms with Gasteiger partial charge in [0.05, 0.1) is 11.0 Å². The van der Waals surface area contributed by atoms with Gasteiger partial charge in [0.25, 0.3) is 0 Å². The third-order valence-electron chi connectivity index (χ3n) is 3.48. The number of hydrogen-bond donors (Lipinski definition) is 1. The maximum absolute atomic E-state index is 10.5. The number of nitrogens with zero attached hydrogens (tertiary/aromatic N) is 2. The van der Waals surface area contributed by atoms with Crippen LogP contribution in [0.25, 0.3) is 0 Å². The molecule has 0 bridgehead atoms. The highest BCUT2D eigenvalue weighted by atomic mass is 32.1.